The van der Waals surface area contributed by atoms with Crippen LogP contribution in [0.15, 0.2) is 22.8 Å². The molecule has 0 saturated carbocycles. The van der Waals surface area contributed by atoms with Crippen molar-refractivity contribution in [3.63, 3.8) is 0 Å². The number of carbonyl (C=O) groups is 1. The Labute approximate surface area is 98.6 Å². The highest BCUT2D eigenvalue weighted by Gasteiger charge is 2.14. The Morgan fingerprint density at radius 1 is 1.31 bits per heavy atom. The number of rotatable bonds is 3. The Hall–Kier alpha value is -0.890. The molecule has 0 aromatic heterocycles. The van der Waals surface area contributed by atoms with Gasteiger partial charge in [0.2, 0.25) is 0 Å². The molecule has 2 nitrogen and oxygen atoms in total. The normalized spacial score (nSPS) is 18.9. The minimum atomic E-state index is 0.261. The van der Waals surface area contributed by atoms with Crippen LogP contribution < -0.4 is 5.73 Å². The molecule has 0 heterocycles. The highest BCUT2D eigenvalue weighted by molar-refractivity contribution is 5.97. The SMILES string of the molecule is CCCC1=C(CN)C(=O)CCCCC(C)=C1. The van der Waals surface area contributed by atoms with E-state index in [-0.39, 0.29) is 5.78 Å². The highest BCUT2D eigenvalue weighted by Crippen LogP contribution is 2.22. The van der Waals surface area contributed by atoms with Gasteiger partial charge in [0.25, 0.3) is 0 Å². The van der Waals surface area contributed by atoms with Crippen LogP contribution in [0.4, 0.5) is 0 Å². The molecule has 0 spiro atoms. The third kappa shape index (κ3) is 3.60. The van der Waals surface area contributed by atoms with Gasteiger partial charge in [-0.25, -0.2) is 0 Å². The van der Waals surface area contributed by atoms with E-state index in [1.165, 1.54) is 11.1 Å². The molecule has 1 aliphatic rings. The molecule has 0 amide bonds. The third-order valence-corrected chi connectivity index (χ3v) is 3.09. The number of hydrogen-bond acceptors (Lipinski definition) is 2. The first-order chi connectivity index (χ1) is 7.69. The van der Waals surface area contributed by atoms with E-state index in [0.29, 0.717) is 13.0 Å². The molecular formula is C14H23NO. The number of ketones is 1. The van der Waals surface area contributed by atoms with Gasteiger partial charge in [0.05, 0.1) is 0 Å². The summed E-state index contributed by atoms with van der Waals surface area (Å²) in [5.41, 5.74) is 9.14. The molecule has 0 radical (unpaired) electrons. The number of carbonyl (C=O) groups excluding carboxylic acids is 1. The molecule has 0 aliphatic heterocycles. The molecule has 2 N–H and O–H groups in total. The third-order valence-electron chi connectivity index (χ3n) is 3.09. The van der Waals surface area contributed by atoms with E-state index >= 15 is 0 Å². The van der Waals surface area contributed by atoms with Crippen molar-refractivity contribution in [3.8, 4) is 0 Å². The molecular weight excluding hydrogens is 198 g/mol. The van der Waals surface area contributed by atoms with Crippen molar-refractivity contribution in [2.24, 2.45) is 5.73 Å². The predicted molar refractivity (Wildman–Crippen MR) is 68.2 cm³/mol. The first kappa shape index (κ1) is 13.2. The van der Waals surface area contributed by atoms with E-state index in [9.17, 15) is 4.79 Å². The molecule has 0 bridgehead atoms. The van der Waals surface area contributed by atoms with Gasteiger partial charge in [-0.15, -0.1) is 0 Å². The van der Waals surface area contributed by atoms with E-state index < -0.39 is 0 Å². The minimum absolute atomic E-state index is 0.261. The minimum Gasteiger partial charge on any atom is -0.326 e. The fourth-order valence-corrected chi connectivity index (χ4v) is 2.21. The molecule has 0 aromatic rings. The topological polar surface area (TPSA) is 43.1 Å². The summed E-state index contributed by atoms with van der Waals surface area (Å²) < 4.78 is 0. The van der Waals surface area contributed by atoms with Crippen LogP contribution >= 0.6 is 0 Å². The molecule has 90 valence electrons. The van der Waals surface area contributed by atoms with E-state index in [1.54, 1.807) is 0 Å². The number of nitrogens with two attached hydrogens (primary N) is 1. The van der Waals surface area contributed by atoms with Gasteiger partial charge < -0.3 is 5.73 Å². The first-order valence-electron chi connectivity index (χ1n) is 6.31. The van der Waals surface area contributed by atoms with E-state index in [1.807, 2.05) is 0 Å². The second-order valence-electron chi connectivity index (χ2n) is 4.58. The molecule has 1 rings (SSSR count). The van der Waals surface area contributed by atoms with Crippen LogP contribution in [0, 0.1) is 0 Å². The fourth-order valence-electron chi connectivity index (χ4n) is 2.21. The van der Waals surface area contributed by atoms with E-state index in [2.05, 4.69) is 19.9 Å². The molecule has 0 saturated heterocycles. The van der Waals surface area contributed by atoms with Gasteiger partial charge in [0.1, 0.15) is 0 Å². The Morgan fingerprint density at radius 2 is 2.00 bits per heavy atom. The lowest BCUT2D eigenvalue weighted by molar-refractivity contribution is -0.115. The van der Waals surface area contributed by atoms with Gasteiger partial charge in [-0.3, -0.25) is 4.79 Å². The zero-order valence-electron chi connectivity index (χ0n) is 10.5. The summed E-state index contributed by atoms with van der Waals surface area (Å²) in [6.45, 7) is 4.68. The van der Waals surface area contributed by atoms with Gasteiger partial charge in [-0.2, -0.15) is 0 Å². The first-order valence-corrected chi connectivity index (χ1v) is 6.31. The summed E-state index contributed by atoms with van der Waals surface area (Å²) in [5, 5.41) is 0. The van der Waals surface area contributed by atoms with Crippen LogP contribution in [-0.2, 0) is 4.79 Å². The average Bonchev–Trinajstić information content (AvgIpc) is 2.30. The lowest BCUT2D eigenvalue weighted by atomic mass is 9.97. The number of allylic oxidation sites excluding steroid dienone is 3. The van der Waals surface area contributed by atoms with Crippen molar-refractivity contribution in [1.29, 1.82) is 0 Å². The maximum atomic E-state index is 12.0. The van der Waals surface area contributed by atoms with Gasteiger partial charge in [-0.1, -0.05) is 25.0 Å². The highest BCUT2D eigenvalue weighted by atomic mass is 16.1. The van der Waals surface area contributed by atoms with Crippen LogP contribution in [0.3, 0.4) is 0 Å². The Kier molecular flexibility index (Phi) is 5.47. The summed E-state index contributed by atoms with van der Waals surface area (Å²) >= 11 is 0. The molecule has 2 heteroatoms. The molecule has 16 heavy (non-hydrogen) atoms. The number of Topliss-reactive ketones (excluding diaryl/α,β-unsaturated/α-hetero) is 1. The molecule has 0 unspecified atom stereocenters. The zero-order chi connectivity index (χ0) is 12.0. The van der Waals surface area contributed by atoms with Crippen molar-refractivity contribution < 1.29 is 4.79 Å². The smallest absolute Gasteiger partial charge is 0.160 e. The maximum absolute atomic E-state index is 12.0. The van der Waals surface area contributed by atoms with Gasteiger partial charge >= 0.3 is 0 Å². The van der Waals surface area contributed by atoms with Crippen LogP contribution in [0.5, 0.6) is 0 Å². The molecule has 1 aliphatic carbocycles. The lowest BCUT2D eigenvalue weighted by Gasteiger charge is -2.09. The summed E-state index contributed by atoms with van der Waals surface area (Å²) in [6, 6.07) is 0. The van der Waals surface area contributed by atoms with Crippen LogP contribution in [0.1, 0.15) is 52.4 Å². The van der Waals surface area contributed by atoms with Crippen molar-refractivity contribution in [1.82, 2.24) is 0 Å². The van der Waals surface area contributed by atoms with Crippen molar-refractivity contribution >= 4 is 5.78 Å². The van der Waals surface area contributed by atoms with Crippen LogP contribution in [0.2, 0.25) is 0 Å². The van der Waals surface area contributed by atoms with Crippen LogP contribution in [-0.4, -0.2) is 12.3 Å². The largest absolute Gasteiger partial charge is 0.326 e. The second kappa shape index (κ2) is 6.64. The summed E-state index contributed by atoms with van der Waals surface area (Å²) in [7, 11) is 0. The molecule has 0 aromatic carbocycles. The van der Waals surface area contributed by atoms with E-state index in [0.717, 1.165) is 37.7 Å². The van der Waals surface area contributed by atoms with Crippen LogP contribution in [0.25, 0.3) is 0 Å². The fraction of sp³-hybridized carbons (Fsp3) is 0.643. The zero-order valence-corrected chi connectivity index (χ0v) is 10.5. The maximum Gasteiger partial charge on any atom is 0.160 e. The summed E-state index contributed by atoms with van der Waals surface area (Å²) in [4.78, 5) is 12.0. The van der Waals surface area contributed by atoms with Crippen molar-refractivity contribution in [2.45, 2.75) is 52.4 Å². The summed E-state index contributed by atoms with van der Waals surface area (Å²) in [6.07, 6.45) is 8.11. The van der Waals surface area contributed by atoms with Crippen molar-refractivity contribution in [2.75, 3.05) is 6.54 Å². The summed E-state index contributed by atoms with van der Waals surface area (Å²) in [5.74, 6) is 0.261. The van der Waals surface area contributed by atoms with Gasteiger partial charge in [0, 0.05) is 18.5 Å². The molecule has 0 atom stereocenters. The predicted octanol–water partition coefficient (Wildman–Crippen LogP) is 3.13. The van der Waals surface area contributed by atoms with Gasteiger partial charge in [0.15, 0.2) is 5.78 Å². The average molecular weight is 221 g/mol. The van der Waals surface area contributed by atoms with E-state index in [4.69, 9.17) is 5.73 Å². The molecule has 0 fully saturated rings. The van der Waals surface area contributed by atoms with Crippen molar-refractivity contribution in [3.05, 3.63) is 22.8 Å². The second-order valence-corrected chi connectivity index (χ2v) is 4.58. The standard InChI is InChI=1S/C14H23NO/c1-3-6-12-9-11(2)7-4-5-8-14(16)13(12)10-15/h9H,3-8,10,15H2,1-2H3. The number of hydrogen-bond donors (Lipinski definition) is 1. The monoisotopic (exact) mass is 221 g/mol. The Bertz CT molecular complexity index is 313. The quantitative estimate of drug-likeness (QED) is 0.795. The Balaban J connectivity index is 3.07. The van der Waals surface area contributed by atoms with Gasteiger partial charge in [-0.05, 0) is 38.2 Å². The Morgan fingerprint density at radius 3 is 2.62 bits per heavy atom. The lowest BCUT2D eigenvalue weighted by Crippen LogP contribution is -2.15.